The Morgan fingerprint density at radius 2 is 1.95 bits per heavy atom. The number of nitrogens with one attached hydrogen (secondary N) is 1. The second-order valence-electron chi connectivity index (χ2n) is 4.71. The van der Waals surface area contributed by atoms with Crippen molar-refractivity contribution in [3.63, 3.8) is 0 Å². The van der Waals surface area contributed by atoms with Crippen molar-refractivity contribution in [2.45, 2.75) is 18.9 Å². The maximum absolute atomic E-state index is 12.1. The van der Waals surface area contributed by atoms with Crippen molar-refractivity contribution in [3.8, 4) is 0 Å². The third-order valence-electron chi connectivity index (χ3n) is 3.50. The Hall–Kier alpha value is -2.36. The average molecular weight is 254 g/mol. The summed E-state index contributed by atoms with van der Waals surface area (Å²) in [6.45, 7) is 0. The summed E-state index contributed by atoms with van der Waals surface area (Å²) in [7, 11) is 0. The molecule has 1 aliphatic rings. The van der Waals surface area contributed by atoms with Crippen molar-refractivity contribution in [2.24, 2.45) is 0 Å². The zero-order chi connectivity index (χ0) is 13.2. The number of carbonyl (C=O) groups excluding carboxylic acids is 1. The highest BCUT2D eigenvalue weighted by molar-refractivity contribution is 5.94. The van der Waals surface area contributed by atoms with Gasteiger partial charge in [-0.2, -0.15) is 4.73 Å². The molecule has 0 saturated carbocycles. The van der Waals surface area contributed by atoms with Gasteiger partial charge in [0.2, 0.25) is 0 Å². The third-order valence-corrected chi connectivity index (χ3v) is 3.50. The zero-order valence-corrected chi connectivity index (χ0v) is 10.4. The van der Waals surface area contributed by atoms with Crippen LogP contribution >= 0.6 is 0 Å². The number of hydrogen-bond donors (Lipinski definition) is 1. The van der Waals surface area contributed by atoms with E-state index in [-0.39, 0.29) is 11.9 Å². The van der Waals surface area contributed by atoms with Gasteiger partial charge < -0.3 is 10.5 Å². The second-order valence-corrected chi connectivity index (χ2v) is 4.71. The summed E-state index contributed by atoms with van der Waals surface area (Å²) in [6, 6.07) is 11.3. The van der Waals surface area contributed by atoms with E-state index < -0.39 is 0 Å². The summed E-state index contributed by atoms with van der Waals surface area (Å²) >= 11 is 0. The maximum Gasteiger partial charge on any atom is 0.252 e. The Morgan fingerprint density at radius 3 is 2.74 bits per heavy atom. The van der Waals surface area contributed by atoms with E-state index >= 15 is 0 Å². The van der Waals surface area contributed by atoms with Gasteiger partial charge in [0, 0.05) is 12.1 Å². The van der Waals surface area contributed by atoms with E-state index in [1.807, 2.05) is 12.1 Å². The van der Waals surface area contributed by atoms with Crippen LogP contribution in [-0.4, -0.2) is 5.91 Å². The molecule has 0 spiro atoms. The van der Waals surface area contributed by atoms with Crippen molar-refractivity contribution in [3.05, 3.63) is 70.7 Å². The fourth-order valence-electron chi connectivity index (χ4n) is 2.51. The van der Waals surface area contributed by atoms with Gasteiger partial charge in [-0.05, 0) is 24.0 Å². The van der Waals surface area contributed by atoms with Crippen LogP contribution in [0.2, 0.25) is 0 Å². The molecule has 0 aliphatic heterocycles. The number of aromatic nitrogens is 1. The summed E-state index contributed by atoms with van der Waals surface area (Å²) in [4.78, 5) is 12.1. The van der Waals surface area contributed by atoms with E-state index in [0.29, 0.717) is 10.3 Å². The summed E-state index contributed by atoms with van der Waals surface area (Å²) in [6.07, 6.45) is 4.59. The number of nitrogens with zero attached hydrogens (tertiary/aromatic N) is 1. The zero-order valence-electron chi connectivity index (χ0n) is 10.4. The van der Waals surface area contributed by atoms with E-state index in [9.17, 15) is 10.0 Å². The molecule has 1 N–H and O–H groups in total. The summed E-state index contributed by atoms with van der Waals surface area (Å²) < 4.78 is 0.668. The number of benzene rings is 1. The third kappa shape index (κ3) is 2.29. The minimum atomic E-state index is -0.137. The minimum absolute atomic E-state index is 0.0725. The van der Waals surface area contributed by atoms with Crippen LogP contribution in [0, 0.1) is 5.21 Å². The molecule has 4 heteroatoms. The van der Waals surface area contributed by atoms with Crippen molar-refractivity contribution < 1.29 is 9.52 Å². The molecule has 1 aromatic carbocycles. The summed E-state index contributed by atoms with van der Waals surface area (Å²) in [5.41, 5.74) is 3.01. The lowest BCUT2D eigenvalue weighted by Gasteiger charge is -2.13. The average Bonchev–Trinajstić information content (AvgIpc) is 2.83. The molecule has 1 amide bonds. The lowest BCUT2D eigenvalue weighted by molar-refractivity contribution is -0.605. The first-order valence-electron chi connectivity index (χ1n) is 6.31. The Morgan fingerprint density at radius 1 is 1.21 bits per heavy atom. The molecule has 1 aromatic heterocycles. The van der Waals surface area contributed by atoms with Gasteiger partial charge in [-0.1, -0.05) is 24.3 Å². The lowest BCUT2D eigenvalue weighted by atomic mass is 10.1. The van der Waals surface area contributed by atoms with E-state index in [1.54, 1.807) is 0 Å². The van der Waals surface area contributed by atoms with Crippen molar-refractivity contribution >= 4 is 5.91 Å². The van der Waals surface area contributed by atoms with Gasteiger partial charge in [-0.25, -0.2) is 0 Å². The standard InChI is InChI=1S/C15H14N2O2/c18-15(12-7-9-17(19)10-8-12)16-14-6-5-11-3-1-2-4-13(11)14/h1-4,7-10,14H,5-6H2,(H,16,18). The Kier molecular flexibility index (Phi) is 2.91. The predicted molar refractivity (Wildman–Crippen MR) is 70.4 cm³/mol. The van der Waals surface area contributed by atoms with Crippen LogP contribution in [0.25, 0.3) is 0 Å². The number of pyridine rings is 1. The fraction of sp³-hybridized carbons (Fsp3) is 0.200. The molecule has 0 fully saturated rings. The van der Waals surface area contributed by atoms with Crippen molar-refractivity contribution in [1.82, 2.24) is 5.32 Å². The molecule has 0 saturated heterocycles. The van der Waals surface area contributed by atoms with Crippen LogP contribution in [0.4, 0.5) is 0 Å². The minimum Gasteiger partial charge on any atom is -0.619 e. The first-order chi connectivity index (χ1) is 9.24. The van der Waals surface area contributed by atoms with Crippen molar-refractivity contribution in [1.29, 1.82) is 0 Å². The predicted octanol–water partition coefficient (Wildman–Crippen LogP) is 1.74. The van der Waals surface area contributed by atoms with Crippen LogP contribution in [0.15, 0.2) is 48.8 Å². The van der Waals surface area contributed by atoms with E-state index in [1.165, 1.54) is 35.7 Å². The molecular formula is C15H14N2O2. The largest absolute Gasteiger partial charge is 0.619 e. The van der Waals surface area contributed by atoms with Gasteiger partial charge in [0.15, 0.2) is 12.4 Å². The number of aryl methyl sites for hydroxylation is 1. The maximum atomic E-state index is 12.1. The van der Waals surface area contributed by atoms with Gasteiger partial charge in [-0.3, -0.25) is 4.79 Å². The fourth-order valence-corrected chi connectivity index (χ4v) is 2.51. The molecule has 1 heterocycles. The van der Waals surface area contributed by atoms with Crippen LogP contribution in [-0.2, 0) is 6.42 Å². The molecule has 1 aliphatic carbocycles. The smallest absolute Gasteiger partial charge is 0.252 e. The molecular weight excluding hydrogens is 240 g/mol. The van der Waals surface area contributed by atoms with Gasteiger partial charge in [0.05, 0.1) is 11.6 Å². The molecule has 19 heavy (non-hydrogen) atoms. The second kappa shape index (κ2) is 4.72. The summed E-state index contributed by atoms with van der Waals surface area (Å²) in [5, 5.41) is 14.0. The SMILES string of the molecule is O=C(NC1CCc2ccccc21)c1cc[n+]([O-])cc1. The number of amides is 1. The van der Waals surface area contributed by atoms with Crippen LogP contribution < -0.4 is 10.0 Å². The normalized spacial score (nSPS) is 16.9. The molecule has 3 rings (SSSR count). The number of fused-ring (bicyclic) bond motifs is 1. The first kappa shape index (κ1) is 11.7. The summed E-state index contributed by atoms with van der Waals surface area (Å²) in [5.74, 6) is -0.137. The Balaban J connectivity index is 1.76. The monoisotopic (exact) mass is 254 g/mol. The van der Waals surface area contributed by atoms with Gasteiger partial charge >= 0.3 is 0 Å². The molecule has 0 bridgehead atoms. The highest BCUT2D eigenvalue weighted by Gasteiger charge is 2.23. The van der Waals surface area contributed by atoms with E-state index in [0.717, 1.165) is 12.8 Å². The van der Waals surface area contributed by atoms with Crippen LogP contribution in [0.3, 0.4) is 0 Å². The molecule has 0 radical (unpaired) electrons. The Bertz CT molecular complexity index is 608. The van der Waals surface area contributed by atoms with Gasteiger partial charge in [0.25, 0.3) is 5.91 Å². The molecule has 1 atom stereocenters. The van der Waals surface area contributed by atoms with E-state index in [2.05, 4.69) is 17.4 Å². The highest BCUT2D eigenvalue weighted by Crippen LogP contribution is 2.30. The van der Waals surface area contributed by atoms with Crippen molar-refractivity contribution in [2.75, 3.05) is 0 Å². The lowest BCUT2D eigenvalue weighted by Crippen LogP contribution is -2.29. The number of rotatable bonds is 2. The molecule has 4 nitrogen and oxygen atoms in total. The molecule has 96 valence electrons. The highest BCUT2D eigenvalue weighted by atomic mass is 16.5. The quantitative estimate of drug-likeness (QED) is 0.655. The number of carbonyl (C=O) groups is 1. The molecule has 2 aromatic rings. The van der Waals surface area contributed by atoms with Crippen LogP contribution in [0.1, 0.15) is 33.9 Å². The van der Waals surface area contributed by atoms with Gasteiger partial charge in [0.1, 0.15) is 0 Å². The van der Waals surface area contributed by atoms with Gasteiger partial charge in [-0.15, -0.1) is 0 Å². The topological polar surface area (TPSA) is 56.0 Å². The van der Waals surface area contributed by atoms with E-state index in [4.69, 9.17) is 0 Å². The molecule has 1 unspecified atom stereocenters. The number of hydrogen-bond acceptors (Lipinski definition) is 2. The first-order valence-corrected chi connectivity index (χ1v) is 6.31. The van der Waals surface area contributed by atoms with Crippen LogP contribution in [0.5, 0.6) is 0 Å². The Labute approximate surface area is 111 Å².